The molecule has 0 spiro atoms. The molecule has 0 aromatic heterocycles. The molecule has 276 valence electrons. The first-order valence-corrected chi connectivity index (χ1v) is 20.2. The second-order valence-electron chi connectivity index (χ2n) is 16.0. The first-order chi connectivity index (χ1) is 25.4. The smallest absolute Gasteiger partial charge is 0.306 e. The van der Waals surface area contributed by atoms with Gasteiger partial charge in [0.1, 0.15) is 17.6 Å². The van der Waals surface area contributed by atoms with E-state index in [-0.39, 0.29) is 23.6 Å². The number of fused-ring (bicyclic) bond motifs is 5. The van der Waals surface area contributed by atoms with E-state index in [0.29, 0.717) is 29.7 Å². The summed E-state index contributed by atoms with van der Waals surface area (Å²) >= 11 is 0. The van der Waals surface area contributed by atoms with Crippen molar-refractivity contribution in [3.8, 4) is 28.7 Å². The summed E-state index contributed by atoms with van der Waals surface area (Å²) in [7, 11) is 0. The van der Waals surface area contributed by atoms with Crippen molar-refractivity contribution >= 4 is 5.97 Å². The SMILES string of the molecule is C=CCCCOc1ccc2c(c1)CC[C@@H]1[C@@H]2CC[C@]2(C)[C@@H](OC(=O)CCCCCCCCC(C)Oc3ccc(-c4ccc(C#N)cc4)cc3)CC[C@@H]12. The van der Waals surface area contributed by atoms with Crippen LogP contribution in [0.2, 0.25) is 0 Å². The Labute approximate surface area is 312 Å². The summed E-state index contributed by atoms with van der Waals surface area (Å²) in [5, 5.41) is 9.02. The first kappa shape index (κ1) is 37.7. The summed E-state index contributed by atoms with van der Waals surface area (Å²) in [5.41, 5.74) is 6.02. The molecule has 3 aromatic rings. The van der Waals surface area contributed by atoms with Crippen molar-refractivity contribution in [1.29, 1.82) is 5.26 Å². The number of aryl methyl sites for hydroxylation is 1. The van der Waals surface area contributed by atoms with Crippen molar-refractivity contribution < 1.29 is 19.0 Å². The van der Waals surface area contributed by atoms with Crippen molar-refractivity contribution in [2.45, 2.75) is 135 Å². The predicted molar refractivity (Wildman–Crippen MR) is 209 cm³/mol. The Kier molecular flexibility index (Phi) is 13.2. The van der Waals surface area contributed by atoms with Crippen LogP contribution < -0.4 is 9.47 Å². The van der Waals surface area contributed by atoms with E-state index in [1.807, 2.05) is 42.5 Å². The van der Waals surface area contributed by atoms with Gasteiger partial charge in [-0.2, -0.15) is 5.26 Å². The van der Waals surface area contributed by atoms with Gasteiger partial charge in [-0.1, -0.05) is 69.0 Å². The summed E-state index contributed by atoms with van der Waals surface area (Å²) < 4.78 is 18.5. The Morgan fingerprint density at radius 2 is 1.62 bits per heavy atom. The normalized spacial score (nSPS) is 23.7. The molecule has 0 saturated heterocycles. The molecule has 3 aliphatic rings. The van der Waals surface area contributed by atoms with Gasteiger partial charge in [-0.3, -0.25) is 4.79 Å². The highest BCUT2D eigenvalue weighted by atomic mass is 16.5. The van der Waals surface area contributed by atoms with Gasteiger partial charge in [-0.25, -0.2) is 0 Å². The van der Waals surface area contributed by atoms with E-state index >= 15 is 0 Å². The summed E-state index contributed by atoms with van der Waals surface area (Å²) in [6.45, 7) is 9.12. The lowest BCUT2D eigenvalue weighted by Crippen LogP contribution is -2.45. The number of rotatable bonds is 18. The maximum absolute atomic E-state index is 13.0. The van der Waals surface area contributed by atoms with Gasteiger partial charge in [0.05, 0.1) is 24.3 Å². The fourth-order valence-corrected chi connectivity index (χ4v) is 9.59. The molecule has 2 saturated carbocycles. The van der Waals surface area contributed by atoms with Crippen LogP contribution in [0.25, 0.3) is 11.1 Å². The van der Waals surface area contributed by atoms with Gasteiger partial charge in [-0.05, 0) is 154 Å². The summed E-state index contributed by atoms with van der Waals surface area (Å²) in [5.74, 6) is 3.87. The zero-order chi connectivity index (χ0) is 36.3. The molecule has 0 bridgehead atoms. The number of benzene rings is 3. The van der Waals surface area contributed by atoms with E-state index in [4.69, 9.17) is 19.5 Å². The highest BCUT2D eigenvalue weighted by Crippen LogP contribution is 2.61. The maximum Gasteiger partial charge on any atom is 0.306 e. The number of nitriles is 1. The Morgan fingerprint density at radius 1 is 0.904 bits per heavy atom. The highest BCUT2D eigenvalue weighted by Gasteiger charge is 2.56. The van der Waals surface area contributed by atoms with Crippen LogP contribution in [0.1, 0.15) is 133 Å². The van der Waals surface area contributed by atoms with Crippen LogP contribution in [-0.2, 0) is 16.0 Å². The second-order valence-corrected chi connectivity index (χ2v) is 16.0. The van der Waals surface area contributed by atoms with Crippen molar-refractivity contribution in [3.63, 3.8) is 0 Å². The summed E-state index contributed by atoms with van der Waals surface area (Å²) in [6, 6.07) is 24.8. The quantitative estimate of drug-likeness (QED) is 0.0750. The number of carbonyl (C=O) groups is 1. The summed E-state index contributed by atoms with van der Waals surface area (Å²) in [6.07, 6.45) is 19.4. The molecule has 6 atom stereocenters. The average Bonchev–Trinajstić information content (AvgIpc) is 3.50. The minimum atomic E-state index is 0.0134. The topological polar surface area (TPSA) is 68.6 Å². The maximum atomic E-state index is 13.0. The van der Waals surface area contributed by atoms with Gasteiger partial charge in [0.15, 0.2) is 0 Å². The second kappa shape index (κ2) is 18.1. The van der Waals surface area contributed by atoms with Crippen LogP contribution in [0.4, 0.5) is 0 Å². The number of esters is 1. The molecule has 5 nitrogen and oxygen atoms in total. The molecule has 0 N–H and O–H groups in total. The average molecular weight is 702 g/mol. The Bertz CT molecular complexity index is 1660. The molecule has 3 aromatic carbocycles. The van der Waals surface area contributed by atoms with E-state index in [0.717, 1.165) is 93.4 Å². The lowest BCUT2D eigenvalue weighted by molar-refractivity contribution is -0.157. The molecule has 52 heavy (non-hydrogen) atoms. The number of hydrogen-bond acceptors (Lipinski definition) is 5. The molecule has 6 rings (SSSR count). The van der Waals surface area contributed by atoms with Crippen molar-refractivity contribution in [2.24, 2.45) is 17.3 Å². The Hall–Kier alpha value is -4.04. The van der Waals surface area contributed by atoms with Crippen LogP contribution in [0.15, 0.2) is 79.4 Å². The lowest BCUT2D eigenvalue weighted by Gasteiger charge is -2.50. The number of hydrogen-bond donors (Lipinski definition) is 0. The Morgan fingerprint density at radius 3 is 2.37 bits per heavy atom. The Balaban J connectivity index is 0.843. The molecule has 1 unspecified atom stereocenters. The fraction of sp³-hybridized carbons (Fsp3) is 0.532. The lowest BCUT2D eigenvalue weighted by atomic mass is 9.55. The third-order valence-corrected chi connectivity index (χ3v) is 12.5. The zero-order valence-electron chi connectivity index (χ0n) is 31.6. The highest BCUT2D eigenvalue weighted by molar-refractivity contribution is 5.69. The monoisotopic (exact) mass is 701 g/mol. The zero-order valence-corrected chi connectivity index (χ0v) is 31.6. The van der Waals surface area contributed by atoms with Crippen LogP contribution >= 0.6 is 0 Å². The minimum Gasteiger partial charge on any atom is -0.494 e. The number of nitrogens with zero attached hydrogens (tertiary/aromatic N) is 1. The van der Waals surface area contributed by atoms with Crippen molar-refractivity contribution in [3.05, 3.63) is 96.1 Å². The third kappa shape index (κ3) is 9.30. The predicted octanol–water partition coefficient (Wildman–Crippen LogP) is 11.9. The fourth-order valence-electron chi connectivity index (χ4n) is 9.59. The van der Waals surface area contributed by atoms with E-state index in [1.165, 1.54) is 37.7 Å². The molecule has 2 fully saturated rings. The molecular weight excluding hydrogens is 643 g/mol. The first-order valence-electron chi connectivity index (χ1n) is 20.2. The number of carbonyl (C=O) groups excluding carboxylic acids is 1. The summed E-state index contributed by atoms with van der Waals surface area (Å²) in [4.78, 5) is 13.0. The van der Waals surface area contributed by atoms with E-state index in [1.54, 1.807) is 5.56 Å². The van der Waals surface area contributed by atoms with Crippen LogP contribution in [-0.4, -0.2) is 24.8 Å². The third-order valence-electron chi connectivity index (χ3n) is 12.5. The largest absolute Gasteiger partial charge is 0.494 e. The van der Waals surface area contributed by atoms with Crippen LogP contribution in [0, 0.1) is 28.6 Å². The van der Waals surface area contributed by atoms with Gasteiger partial charge in [0, 0.05) is 11.8 Å². The van der Waals surface area contributed by atoms with Gasteiger partial charge in [0.25, 0.3) is 0 Å². The van der Waals surface area contributed by atoms with Gasteiger partial charge >= 0.3 is 5.97 Å². The van der Waals surface area contributed by atoms with Gasteiger partial charge in [0.2, 0.25) is 0 Å². The van der Waals surface area contributed by atoms with Crippen molar-refractivity contribution in [1.82, 2.24) is 0 Å². The standard InChI is InChI=1S/C47H59NO4/c1-4-5-12-31-50-40-24-26-41-38(32-40)21-25-43-42(41)29-30-47(3)44(43)27-28-45(47)52-46(49)14-11-9-7-6-8-10-13-34(2)51-39-22-19-37(20-23-39)36-17-15-35(33-48)16-18-36/h4,15-20,22-24,26,32,34,42-45H,1,5-14,21,25,27-31H2,2-3H3/t34?,42-,43-,44+,45+,47+/m1/s1. The molecule has 0 aliphatic heterocycles. The molecule has 0 amide bonds. The molecule has 0 radical (unpaired) electrons. The van der Waals surface area contributed by atoms with Gasteiger partial charge < -0.3 is 14.2 Å². The molecule has 3 aliphatic carbocycles. The molecule has 0 heterocycles. The van der Waals surface area contributed by atoms with Crippen LogP contribution in [0.5, 0.6) is 11.5 Å². The van der Waals surface area contributed by atoms with Gasteiger partial charge in [-0.15, -0.1) is 6.58 Å². The van der Waals surface area contributed by atoms with E-state index < -0.39 is 0 Å². The number of ether oxygens (including phenoxy) is 3. The van der Waals surface area contributed by atoms with E-state index in [2.05, 4.69) is 56.8 Å². The minimum absolute atomic E-state index is 0.0134. The number of allylic oxidation sites excluding steroid dienone is 1. The van der Waals surface area contributed by atoms with Crippen LogP contribution in [0.3, 0.4) is 0 Å². The van der Waals surface area contributed by atoms with Crippen molar-refractivity contribution in [2.75, 3.05) is 6.61 Å². The molecule has 5 heteroatoms. The molecular formula is C47H59NO4. The van der Waals surface area contributed by atoms with E-state index in [9.17, 15) is 4.79 Å². The number of unbranched alkanes of at least 4 members (excludes halogenated alkanes) is 6.